The number of aliphatic hydroxyl groups is 1. The molecule has 3 amide bonds. The quantitative estimate of drug-likeness (QED) is 0.784. The number of rotatable bonds is 6. The Hall–Kier alpha value is -1.24. The van der Waals surface area contributed by atoms with Crippen LogP contribution >= 0.6 is 23.4 Å². The number of thioether (sulfide) groups is 1. The third-order valence-electron chi connectivity index (χ3n) is 3.34. The molecule has 2 atom stereocenters. The molecule has 0 unspecified atom stereocenters. The maximum atomic E-state index is 12.2. The molecule has 1 aromatic carbocycles. The van der Waals surface area contributed by atoms with Gasteiger partial charge in [-0.25, -0.2) is 4.79 Å². The van der Waals surface area contributed by atoms with Gasteiger partial charge in [-0.05, 0) is 24.5 Å². The number of carbonyl (C=O) groups is 2. The number of imide groups is 1. The molecular weight excluding hydrogens is 312 g/mol. The normalized spacial score (nSPS) is 19.8. The highest BCUT2D eigenvalue weighted by atomic mass is 35.5. The average molecular weight is 329 g/mol. The summed E-state index contributed by atoms with van der Waals surface area (Å²) in [5.74, 6) is 0.498. The van der Waals surface area contributed by atoms with Gasteiger partial charge in [-0.3, -0.25) is 9.69 Å². The van der Waals surface area contributed by atoms with Crippen molar-refractivity contribution in [3.8, 4) is 0 Å². The summed E-state index contributed by atoms with van der Waals surface area (Å²) in [6.45, 7) is -0.0931. The van der Waals surface area contributed by atoms with Gasteiger partial charge in [0.15, 0.2) is 0 Å². The van der Waals surface area contributed by atoms with Crippen molar-refractivity contribution in [3.63, 3.8) is 0 Å². The van der Waals surface area contributed by atoms with Crippen LogP contribution < -0.4 is 5.32 Å². The first-order valence-corrected chi connectivity index (χ1v) is 8.35. The maximum absolute atomic E-state index is 12.2. The molecule has 2 rings (SSSR count). The molecule has 2 N–H and O–H groups in total. The number of hydrogen-bond acceptors (Lipinski definition) is 4. The van der Waals surface area contributed by atoms with E-state index in [4.69, 9.17) is 11.6 Å². The lowest BCUT2D eigenvalue weighted by atomic mass is 10.1. The fourth-order valence-corrected chi connectivity index (χ4v) is 2.93. The first-order valence-electron chi connectivity index (χ1n) is 6.58. The van der Waals surface area contributed by atoms with E-state index in [2.05, 4.69) is 5.32 Å². The Bertz CT molecular complexity index is 541. The van der Waals surface area contributed by atoms with Gasteiger partial charge in [0, 0.05) is 10.6 Å². The van der Waals surface area contributed by atoms with E-state index < -0.39 is 18.2 Å². The standard InChI is InChI=1S/C14H17ClN2O3S/c1-21-7-6-11-13(19)17(14(20)16-11)8-12(18)9-4-2-3-5-10(9)15/h2-5,11-12,18H,6-8H2,1H3,(H,16,20)/t11-,12-/m1/s1. The van der Waals surface area contributed by atoms with Gasteiger partial charge in [0.25, 0.3) is 5.91 Å². The Morgan fingerprint density at radius 2 is 2.14 bits per heavy atom. The summed E-state index contributed by atoms with van der Waals surface area (Å²) < 4.78 is 0. The van der Waals surface area contributed by atoms with Crippen LogP contribution in [-0.4, -0.2) is 46.5 Å². The lowest BCUT2D eigenvalue weighted by molar-refractivity contribution is -0.128. The summed E-state index contributed by atoms with van der Waals surface area (Å²) in [4.78, 5) is 25.1. The largest absolute Gasteiger partial charge is 0.386 e. The predicted octanol–water partition coefficient (Wildman–Crippen LogP) is 2.05. The van der Waals surface area contributed by atoms with Gasteiger partial charge < -0.3 is 10.4 Å². The number of aliphatic hydroxyl groups excluding tert-OH is 1. The molecule has 21 heavy (non-hydrogen) atoms. The van der Waals surface area contributed by atoms with E-state index in [1.54, 1.807) is 36.0 Å². The minimum Gasteiger partial charge on any atom is -0.386 e. The molecule has 1 heterocycles. The Morgan fingerprint density at radius 1 is 1.43 bits per heavy atom. The second-order valence-corrected chi connectivity index (χ2v) is 6.16. The first-order chi connectivity index (χ1) is 10.0. The van der Waals surface area contributed by atoms with Crippen molar-refractivity contribution in [2.45, 2.75) is 18.6 Å². The van der Waals surface area contributed by atoms with Gasteiger partial charge in [-0.1, -0.05) is 29.8 Å². The van der Waals surface area contributed by atoms with E-state index in [1.165, 1.54) is 0 Å². The summed E-state index contributed by atoms with van der Waals surface area (Å²) in [5.41, 5.74) is 0.507. The predicted molar refractivity (Wildman–Crippen MR) is 83.4 cm³/mol. The lowest BCUT2D eigenvalue weighted by Crippen LogP contribution is -2.35. The molecule has 0 aromatic heterocycles. The van der Waals surface area contributed by atoms with Crippen LogP contribution in [0.5, 0.6) is 0 Å². The zero-order valence-electron chi connectivity index (χ0n) is 11.6. The molecule has 1 fully saturated rings. The summed E-state index contributed by atoms with van der Waals surface area (Å²) in [7, 11) is 0. The van der Waals surface area contributed by atoms with Gasteiger partial charge >= 0.3 is 6.03 Å². The van der Waals surface area contributed by atoms with Crippen LogP contribution in [0.4, 0.5) is 4.79 Å². The van der Waals surface area contributed by atoms with E-state index >= 15 is 0 Å². The van der Waals surface area contributed by atoms with Crippen LogP contribution in [0.1, 0.15) is 18.1 Å². The topological polar surface area (TPSA) is 69.6 Å². The van der Waals surface area contributed by atoms with Gasteiger partial charge in [0.2, 0.25) is 0 Å². The monoisotopic (exact) mass is 328 g/mol. The number of benzene rings is 1. The molecule has 1 aliphatic heterocycles. The molecule has 0 spiro atoms. The van der Waals surface area contributed by atoms with Crippen LogP contribution in [0.3, 0.4) is 0 Å². The van der Waals surface area contributed by atoms with Crippen molar-refractivity contribution < 1.29 is 14.7 Å². The SMILES string of the molecule is CSCC[C@H]1NC(=O)N(C[C@@H](O)c2ccccc2Cl)C1=O. The number of amides is 3. The van der Waals surface area contributed by atoms with E-state index in [1.807, 2.05) is 6.26 Å². The van der Waals surface area contributed by atoms with Crippen molar-refractivity contribution in [2.24, 2.45) is 0 Å². The Balaban J connectivity index is 2.04. The number of halogens is 1. The lowest BCUT2D eigenvalue weighted by Gasteiger charge is -2.18. The smallest absolute Gasteiger partial charge is 0.324 e. The minimum absolute atomic E-state index is 0.0931. The molecule has 1 aromatic rings. The Kier molecular flexibility index (Phi) is 5.50. The average Bonchev–Trinajstić information content (AvgIpc) is 2.73. The van der Waals surface area contributed by atoms with Crippen molar-refractivity contribution >= 4 is 35.3 Å². The highest BCUT2D eigenvalue weighted by Crippen LogP contribution is 2.24. The molecule has 0 bridgehead atoms. The molecular formula is C14H17ClN2O3S. The number of hydrogen-bond donors (Lipinski definition) is 2. The number of carbonyl (C=O) groups excluding carboxylic acids is 2. The first kappa shape index (κ1) is 16.1. The van der Waals surface area contributed by atoms with Crippen molar-refractivity contribution in [2.75, 3.05) is 18.6 Å². The summed E-state index contributed by atoms with van der Waals surface area (Å²) >= 11 is 7.62. The molecule has 7 heteroatoms. The second kappa shape index (κ2) is 7.15. The van der Waals surface area contributed by atoms with Crippen LogP contribution in [0, 0.1) is 0 Å². The summed E-state index contributed by atoms with van der Waals surface area (Å²) in [6, 6.07) is 5.88. The summed E-state index contributed by atoms with van der Waals surface area (Å²) in [5, 5.41) is 13.3. The van der Waals surface area contributed by atoms with Crippen molar-refractivity contribution in [3.05, 3.63) is 34.9 Å². The van der Waals surface area contributed by atoms with Gasteiger partial charge in [-0.15, -0.1) is 0 Å². The van der Waals surface area contributed by atoms with Crippen LogP contribution in [0.15, 0.2) is 24.3 Å². The fourth-order valence-electron chi connectivity index (χ4n) is 2.20. The molecule has 0 aliphatic carbocycles. The number of β-amino-alcohol motifs (C(OH)–C–C–N with tert-alkyl or cyclic N) is 1. The van der Waals surface area contributed by atoms with Crippen molar-refractivity contribution in [1.29, 1.82) is 0 Å². The zero-order chi connectivity index (χ0) is 15.4. The Morgan fingerprint density at radius 3 is 2.81 bits per heavy atom. The second-order valence-electron chi connectivity index (χ2n) is 4.77. The minimum atomic E-state index is -0.993. The molecule has 5 nitrogen and oxygen atoms in total. The maximum Gasteiger partial charge on any atom is 0.324 e. The number of nitrogens with one attached hydrogen (secondary N) is 1. The van der Waals surface area contributed by atoms with Crippen LogP contribution in [0.25, 0.3) is 0 Å². The third kappa shape index (κ3) is 3.70. The summed E-state index contributed by atoms with van der Waals surface area (Å²) in [6.07, 6.45) is 1.54. The fraction of sp³-hybridized carbons (Fsp3) is 0.429. The van der Waals surface area contributed by atoms with Gasteiger partial charge in [0.05, 0.1) is 12.6 Å². The van der Waals surface area contributed by atoms with Crippen LogP contribution in [-0.2, 0) is 4.79 Å². The Labute approximate surface area is 132 Å². The number of nitrogens with zero attached hydrogens (tertiary/aromatic N) is 1. The van der Waals surface area contributed by atoms with Gasteiger partial charge in [0.1, 0.15) is 6.04 Å². The molecule has 1 aliphatic rings. The van der Waals surface area contributed by atoms with E-state index in [0.29, 0.717) is 17.0 Å². The van der Waals surface area contributed by atoms with Crippen molar-refractivity contribution in [1.82, 2.24) is 10.2 Å². The molecule has 0 saturated carbocycles. The molecule has 1 saturated heterocycles. The van der Waals surface area contributed by atoms with Crippen LogP contribution in [0.2, 0.25) is 5.02 Å². The third-order valence-corrected chi connectivity index (χ3v) is 4.33. The number of urea groups is 1. The van der Waals surface area contributed by atoms with Gasteiger partial charge in [-0.2, -0.15) is 11.8 Å². The highest BCUT2D eigenvalue weighted by Gasteiger charge is 2.38. The molecule has 114 valence electrons. The van der Waals surface area contributed by atoms with E-state index in [-0.39, 0.29) is 12.5 Å². The van der Waals surface area contributed by atoms with E-state index in [9.17, 15) is 14.7 Å². The molecule has 0 radical (unpaired) electrons. The van der Waals surface area contributed by atoms with E-state index in [0.717, 1.165) is 10.7 Å². The highest BCUT2D eigenvalue weighted by molar-refractivity contribution is 7.98. The zero-order valence-corrected chi connectivity index (χ0v) is 13.2.